The summed E-state index contributed by atoms with van der Waals surface area (Å²) in [5.74, 6) is 0.276. The third-order valence-corrected chi connectivity index (χ3v) is 6.81. The normalized spacial score (nSPS) is 13.6. The van der Waals surface area contributed by atoms with Gasteiger partial charge in [-0.15, -0.1) is 11.3 Å². The largest absolute Gasteiger partial charge is 0.281 e. The van der Waals surface area contributed by atoms with Crippen molar-refractivity contribution in [2.24, 2.45) is 0 Å². The van der Waals surface area contributed by atoms with E-state index in [4.69, 9.17) is 4.98 Å². The average molecular weight is 404 g/mol. The minimum atomic E-state index is -0.302. The monoisotopic (exact) mass is 403 g/mol. The molecule has 0 spiro atoms. The van der Waals surface area contributed by atoms with Gasteiger partial charge in [0.2, 0.25) is 0 Å². The number of thiophene rings is 1. The van der Waals surface area contributed by atoms with E-state index < -0.39 is 0 Å². The fraction of sp³-hybridized carbons (Fsp3) is 0.261. The zero-order valence-corrected chi connectivity index (χ0v) is 17.0. The number of aromatic nitrogens is 2. The summed E-state index contributed by atoms with van der Waals surface area (Å²) in [6.07, 6.45) is 4.74. The van der Waals surface area contributed by atoms with Crippen LogP contribution in [0.4, 0.5) is 0 Å². The molecule has 5 rings (SSSR count). The Bertz CT molecular complexity index is 1310. The van der Waals surface area contributed by atoms with Crippen LogP contribution in [-0.4, -0.2) is 15.6 Å². The molecule has 6 heteroatoms. The van der Waals surface area contributed by atoms with Crippen LogP contribution < -0.4 is 11.0 Å². The number of amides is 1. The van der Waals surface area contributed by atoms with Crippen molar-refractivity contribution in [2.75, 3.05) is 5.43 Å². The van der Waals surface area contributed by atoms with Crippen molar-refractivity contribution in [3.8, 4) is 0 Å². The quantitative estimate of drug-likeness (QED) is 0.550. The number of carbonyl (C=O) groups excluding carboxylic acids is 1. The molecule has 0 radical (unpaired) electrons. The molecule has 0 fully saturated rings. The molecule has 2 aromatic heterocycles. The van der Waals surface area contributed by atoms with E-state index in [1.165, 1.54) is 9.55 Å². The van der Waals surface area contributed by atoms with Crippen LogP contribution in [-0.2, 0) is 19.3 Å². The van der Waals surface area contributed by atoms with E-state index in [0.29, 0.717) is 23.2 Å². The van der Waals surface area contributed by atoms with E-state index >= 15 is 0 Å². The molecule has 0 saturated carbocycles. The second kappa shape index (κ2) is 7.12. The van der Waals surface area contributed by atoms with Crippen LogP contribution >= 0.6 is 11.3 Å². The minimum Gasteiger partial charge on any atom is -0.267 e. The molecular formula is C23H21N3O2S. The maximum atomic E-state index is 13.4. The molecule has 0 bridgehead atoms. The van der Waals surface area contributed by atoms with Gasteiger partial charge in [0.1, 0.15) is 10.7 Å². The first kappa shape index (κ1) is 18.1. The fourth-order valence-corrected chi connectivity index (χ4v) is 5.46. The summed E-state index contributed by atoms with van der Waals surface area (Å²) < 4.78 is 1.36. The Morgan fingerprint density at radius 2 is 1.93 bits per heavy atom. The number of hydrogen-bond acceptors (Lipinski definition) is 4. The average Bonchev–Trinajstić information content (AvgIpc) is 3.13. The predicted molar refractivity (Wildman–Crippen MR) is 118 cm³/mol. The zero-order chi connectivity index (χ0) is 20.0. The third-order valence-electron chi connectivity index (χ3n) is 5.62. The Hall–Kier alpha value is -2.99. The summed E-state index contributed by atoms with van der Waals surface area (Å²) in [7, 11) is 0. The lowest BCUT2D eigenvalue weighted by atomic mass is 9.97. The summed E-state index contributed by atoms with van der Waals surface area (Å²) in [6, 6.07) is 13.4. The lowest BCUT2D eigenvalue weighted by Gasteiger charge is -2.14. The molecule has 2 heterocycles. The summed E-state index contributed by atoms with van der Waals surface area (Å²) >= 11 is 1.63. The van der Waals surface area contributed by atoms with Crippen LogP contribution in [0.5, 0.6) is 0 Å². The molecule has 0 saturated heterocycles. The molecule has 4 aromatic rings. The highest BCUT2D eigenvalue weighted by molar-refractivity contribution is 7.18. The second-order valence-electron chi connectivity index (χ2n) is 7.38. The van der Waals surface area contributed by atoms with Gasteiger partial charge in [-0.3, -0.25) is 15.0 Å². The Labute approximate surface area is 172 Å². The van der Waals surface area contributed by atoms with Crippen LogP contribution in [0.15, 0.2) is 47.3 Å². The summed E-state index contributed by atoms with van der Waals surface area (Å²) in [6.45, 7) is 1.95. The number of fused-ring (bicyclic) bond motifs is 4. The standard InChI is InChI=1S/C23H21N3O2S/c1-2-19-24-22-20(17-11-5-6-13-18(17)29-22)23(28)26(19)25-21(27)16-12-7-9-14-8-3-4-10-15(14)16/h3-4,7-10,12H,2,5-6,11,13H2,1H3,(H,25,27). The zero-order valence-electron chi connectivity index (χ0n) is 16.2. The Kier molecular flexibility index (Phi) is 4.43. The van der Waals surface area contributed by atoms with Gasteiger partial charge in [0.25, 0.3) is 11.5 Å². The first-order valence-corrected chi connectivity index (χ1v) is 10.8. The van der Waals surface area contributed by atoms with E-state index in [-0.39, 0.29) is 11.5 Å². The molecule has 146 valence electrons. The molecule has 1 aliphatic rings. The van der Waals surface area contributed by atoms with Crippen molar-refractivity contribution < 1.29 is 4.79 Å². The van der Waals surface area contributed by atoms with Gasteiger partial charge < -0.3 is 0 Å². The van der Waals surface area contributed by atoms with E-state index in [2.05, 4.69) is 5.43 Å². The van der Waals surface area contributed by atoms with Gasteiger partial charge in [-0.2, -0.15) is 0 Å². The van der Waals surface area contributed by atoms with Gasteiger partial charge in [0.05, 0.1) is 5.39 Å². The fourth-order valence-electron chi connectivity index (χ4n) is 4.18. The number of aryl methyl sites for hydroxylation is 3. The first-order valence-electron chi connectivity index (χ1n) is 10.0. The lowest BCUT2D eigenvalue weighted by molar-refractivity contribution is 0.101. The smallest absolute Gasteiger partial charge is 0.267 e. The van der Waals surface area contributed by atoms with Crippen LogP contribution in [0.3, 0.4) is 0 Å². The molecule has 1 amide bonds. The second-order valence-corrected chi connectivity index (χ2v) is 8.46. The van der Waals surface area contributed by atoms with Crippen molar-refractivity contribution in [2.45, 2.75) is 39.0 Å². The van der Waals surface area contributed by atoms with Gasteiger partial charge in [-0.05, 0) is 48.1 Å². The van der Waals surface area contributed by atoms with Gasteiger partial charge in [0.15, 0.2) is 0 Å². The molecule has 0 unspecified atom stereocenters. The van der Waals surface area contributed by atoms with E-state index in [9.17, 15) is 9.59 Å². The van der Waals surface area contributed by atoms with E-state index in [1.54, 1.807) is 17.4 Å². The third kappa shape index (κ3) is 2.95. The van der Waals surface area contributed by atoms with Crippen LogP contribution in [0, 0.1) is 0 Å². The van der Waals surface area contributed by atoms with Gasteiger partial charge in [-0.25, -0.2) is 9.66 Å². The number of carbonyl (C=O) groups is 1. The molecule has 5 nitrogen and oxygen atoms in total. The molecule has 0 aliphatic heterocycles. The van der Waals surface area contributed by atoms with Gasteiger partial charge in [-0.1, -0.05) is 43.3 Å². The Morgan fingerprint density at radius 3 is 2.79 bits per heavy atom. The van der Waals surface area contributed by atoms with Crippen LogP contribution in [0.2, 0.25) is 0 Å². The maximum Gasteiger partial charge on any atom is 0.281 e. The molecule has 2 aromatic carbocycles. The summed E-state index contributed by atoms with van der Waals surface area (Å²) in [5.41, 5.74) is 4.34. The highest BCUT2D eigenvalue weighted by Crippen LogP contribution is 2.33. The topological polar surface area (TPSA) is 64.0 Å². The van der Waals surface area contributed by atoms with Crippen LogP contribution in [0.25, 0.3) is 21.0 Å². The lowest BCUT2D eigenvalue weighted by Crippen LogP contribution is -2.36. The van der Waals surface area contributed by atoms with Crippen LogP contribution in [0.1, 0.15) is 46.4 Å². The van der Waals surface area contributed by atoms with Crippen molar-refractivity contribution in [1.29, 1.82) is 0 Å². The number of nitrogens with zero attached hydrogens (tertiary/aromatic N) is 2. The van der Waals surface area contributed by atoms with Crippen molar-refractivity contribution in [3.05, 3.63) is 74.6 Å². The molecule has 29 heavy (non-hydrogen) atoms. The summed E-state index contributed by atoms with van der Waals surface area (Å²) in [4.78, 5) is 33.3. The van der Waals surface area contributed by atoms with Crippen molar-refractivity contribution in [1.82, 2.24) is 9.66 Å². The predicted octanol–water partition coefficient (Wildman–Crippen LogP) is 4.44. The molecular weight excluding hydrogens is 382 g/mol. The van der Waals surface area contributed by atoms with Gasteiger partial charge >= 0.3 is 0 Å². The first-order chi connectivity index (χ1) is 14.2. The number of hydrogen-bond donors (Lipinski definition) is 1. The van der Waals surface area contributed by atoms with Crippen molar-refractivity contribution in [3.63, 3.8) is 0 Å². The molecule has 1 N–H and O–H groups in total. The van der Waals surface area contributed by atoms with E-state index in [0.717, 1.165) is 46.8 Å². The maximum absolute atomic E-state index is 13.4. The van der Waals surface area contributed by atoms with Gasteiger partial charge in [0, 0.05) is 16.9 Å². The number of rotatable bonds is 3. The Morgan fingerprint density at radius 1 is 1.14 bits per heavy atom. The molecule has 0 atom stereocenters. The SMILES string of the molecule is CCc1nc2sc3c(c2c(=O)n1NC(=O)c1cccc2ccccc12)CCCC3. The van der Waals surface area contributed by atoms with Crippen molar-refractivity contribution >= 4 is 38.2 Å². The number of nitrogens with one attached hydrogen (secondary N) is 1. The number of benzene rings is 2. The Balaban J connectivity index is 1.63. The molecule has 1 aliphatic carbocycles. The minimum absolute atomic E-state index is 0.167. The highest BCUT2D eigenvalue weighted by atomic mass is 32.1. The van der Waals surface area contributed by atoms with E-state index in [1.807, 2.05) is 43.3 Å². The summed E-state index contributed by atoms with van der Waals surface area (Å²) in [5, 5.41) is 2.53. The highest BCUT2D eigenvalue weighted by Gasteiger charge is 2.22.